The van der Waals surface area contributed by atoms with Crippen LogP contribution in [-0.2, 0) is 5.41 Å². The summed E-state index contributed by atoms with van der Waals surface area (Å²) in [5.41, 5.74) is 23.1. The van der Waals surface area contributed by atoms with Crippen molar-refractivity contribution in [3.63, 3.8) is 0 Å². The van der Waals surface area contributed by atoms with Crippen molar-refractivity contribution >= 4 is 11.0 Å². The number of fused-ring (bicyclic) bond motifs is 1. The highest BCUT2D eigenvalue weighted by atomic mass is 16.3. The summed E-state index contributed by atoms with van der Waals surface area (Å²) in [6.45, 7) is 17.7. The summed E-state index contributed by atoms with van der Waals surface area (Å²) in [6.07, 6.45) is 1.92. The quantitative estimate of drug-likeness (QED) is 0.140. The van der Waals surface area contributed by atoms with Crippen LogP contribution in [-0.4, -0.2) is 19.6 Å². The Morgan fingerprint density at radius 3 is 1.63 bits per heavy atom. The number of nitrogens with zero attached hydrogens (tertiary/aromatic N) is 3. The number of pyridine rings is 1. The number of aryl methyl sites for hydroxylation is 1. The normalized spacial score (nSPS) is 11.8. The van der Waals surface area contributed by atoms with Crippen LogP contribution in [0, 0.1) is 6.92 Å². The monoisotopic (exact) mass is 973 g/mol. The highest BCUT2D eigenvalue weighted by molar-refractivity contribution is 5.99. The first-order chi connectivity index (χ1) is 36.3. The molecule has 1 N–H and O–H groups in total. The predicted octanol–water partition coefficient (Wildman–Crippen LogP) is 19.3. The average Bonchev–Trinajstić information content (AvgIpc) is 3.83. The van der Waals surface area contributed by atoms with Gasteiger partial charge in [0, 0.05) is 22.9 Å². The molecule has 0 atom stereocenters. The van der Waals surface area contributed by atoms with Crippen molar-refractivity contribution in [3.05, 3.63) is 241 Å². The largest absolute Gasteiger partial charge is 0.507 e. The number of para-hydroxylation sites is 1. The van der Waals surface area contributed by atoms with Gasteiger partial charge >= 0.3 is 0 Å². The van der Waals surface area contributed by atoms with E-state index < -0.39 is 0 Å². The molecule has 11 aromatic rings. The van der Waals surface area contributed by atoms with Gasteiger partial charge in [-0.25, -0.2) is 4.98 Å². The molecule has 0 radical (unpaired) electrons. The highest BCUT2D eigenvalue weighted by Gasteiger charge is 2.26. The van der Waals surface area contributed by atoms with Gasteiger partial charge in [-0.05, 0) is 157 Å². The van der Waals surface area contributed by atoms with Crippen LogP contribution in [0.3, 0.4) is 0 Å². The second-order valence-corrected chi connectivity index (χ2v) is 21.7. The molecule has 0 aliphatic rings. The lowest BCUT2D eigenvalue weighted by atomic mass is 9.85. The zero-order chi connectivity index (χ0) is 52.0. The number of hydrogen-bond donors (Lipinski definition) is 1. The van der Waals surface area contributed by atoms with Crippen LogP contribution in [0.2, 0.25) is 0 Å². The van der Waals surface area contributed by atoms with Gasteiger partial charge < -0.3 is 5.11 Å². The molecule has 4 heteroatoms. The Morgan fingerprint density at radius 1 is 0.440 bits per heavy atom. The van der Waals surface area contributed by atoms with Gasteiger partial charge in [-0.1, -0.05) is 206 Å². The lowest BCUT2D eigenvalue weighted by Gasteiger charge is -2.22. The highest BCUT2D eigenvalue weighted by Crippen LogP contribution is 2.46. The Labute approximate surface area is 442 Å². The molecule has 9 aromatic carbocycles. The Bertz CT molecular complexity index is 3840. The van der Waals surface area contributed by atoms with Crippen LogP contribution in [0.15, 0.2) is 219 Å². The molecule has 11 rings (SSSR count). The van der Waals surface area contributed by atoms with Crippen molar-refractivity contribution in [1.29, 1.82) is 0 Å². The van der Waals surface area contributed by atoms with Crippen LogP contribution < -0.4 is 0 Å². The van der Waals surface area contributed by atoms with Crippen molar-refractivity contribution in [2.24, 2.45) is 0 Å². The molecule has 0 fully saturated rings. The van der Waals surface area contributed by atoms with Gasteiger partial charge in [-0.15, -0.1) is 0 Å². The van der Waals surface area contributed by atoms with E-state index in [1.54, 1.807) is 0 Å². The van der Waals surface area contributed by atoms with E-state index in [1.165, 1.54) is 22.3 Å². The lowest BCUT2D eigenvalue weighted by Crippen LogP contribution is -2.10. The Kier molecular flexibility index (Phi) is 13.0. The summed E-state index contributed by atoms with van der Waals surface area (Å²) in [5.74, 6) is 1.24. The molecule has 0 amide bonds. The number of hydrogen-bond acceptors (Lipinski definition) is 3. The summed E-state index contributed by atoms with van der Waals surface area (Å²) in [6, 6.07) is 76.2. The smallest absolute Gasteiger partial charge is 0.149 e. The molecule has 0 aliphatic heterocycles. The average molecular weight is 974 g/mol. The van der Waals surface area contributed by atoms with Gasteiger partial charge in [-0.2, -0.15) is 0 Å². The summed E-state index contributed by atoms with van der Waals surface area (Å²) in [5, 5.41) is 12.6. The second-order valence-electron chi connectivity index (χ2n) is 21.7. The Hall–Kier alpha value is -8.60. The molecule has 368 valence electrons. The first-order valence-corrected chi connectivity index (χ1v) is 26.3. The summed E-state index contributed by atoms with van der Waals surface area (Å²) in [7, 11) is 0. The van der Waals surface area contributed by atoms with Crippen molar-refractivity contribution < 1.29 is 5.11 Å². The molecule has 2 heterocycles. The number of rotatable bonds is 11. The molecule has 0 spiro atoms. The van der Waals surface area contributed by atoms with E-state index in [2.05, 4.69) is 272 Å². The number of imidazole rings is 1. The van der Waals surface area contributed by atoms with Crippen LogP contribution in [0.25, 0.3) is 106 Å². The zero-order valence-electron chi connectivity index (χ0n) is 44.2. The minimum atomic E-state index is -0.00270. The van der Waals surface area contributed by atoms with Gasteiger partial charge in [0.25, 0.3) is 0 Å². The van der Waals surface area contributed by atoms with Gasteiger partial charge in [-0.3, -0.25) is 9.55 Å². The lowest BCUT2D eigenvalue weighted by molar-refractivity contribution is 0.466. The molecule has 2 aromatic heterocycles. The van der Waals surface area contributed by atoms with Crippen molar-refractivity contribution in [3.8, 4) is 101 Å². The van der Waals surface area contributed by atoms with Gasteiger partial charge in [0.1, 0.15) is 11.6 Å². The molecular weight excluding hydrogens is 911 g/mol. The third-order valence-electron chi connectivity index (χ3n) is 14.8. The minimum Gasteiger partial charge on any atom is -0.507 e. The molecule has 0 saturated heterocycles. The van der Waals surface area contributed by atoms with E-state index in [1.807, 2.05) is 6.20 Å². The van der Waals surface area contributed by atoms with Gasteiger partial charge in [0.05, 0.1) is 28.0 Å². The first-order valence-electron chi connectivity index (χ1n) is 26.3. The van der Waals surface area contributed by atoms with Crippen LogP contribution in [0.5, 0.6) is 5.75 Å². The molecule has 0 bridgehead atoms. The third-order valence-corrected chi connectivity index (χ3v) is 14.8. The molecule has 0 aliphatic carbocycles. The molecule has 4 nitrogen and oxygen atoms in total. The van der Waals surface area contributed by atoms with E-state index >= 15 is 0 Å². The number of phenols is 1. The molecule has 0 unspecified atom stereocenters. The summed E-state index contributed by atoms with van der Waals surface area (Å²) < 4.78 is 2.32. The van der Waals surface area contributed by atoms with Crippen molar-refractivity contribution in [2.45, 2.75) is 72.6 Å². The van der Waals surface area contributed by atoms with Crippen LogP contribution in [0.4, 0.5) is 0 Å². The van der Waals surface area contributed by atoms with Crippen molar-refractivity contribution in [2.75, 3.05) is 0 Å². The molecule has 75 heavy (non-hydrogen) atoms. The second kappa shape index (κ2) is 20.0. The summed E-state index contributed by atoms with van der Waals surface area (Å²) >= 11 is 0. The number of benzene rings is 9. The fraction of sp³-hybridized carbons (Fsp3) is 0.155. The molecular formula is C71H63N3O. The van der Waals surface area contributed by atoms with Crippen LogP contribution in [0.1, 0.15) is 82.6 Å². The fourth-order valence-corrected chi connectivity index (χ4v) is 10.6. The maximum absolute atomic E-state index is 12.6. The van der Waals surface area contributed by atoms with E-state index in [-0.39, 0.29) is 23.0 Å². The number of phenolic OH excluding ortho intramolecular Hbond substituents is 1. The van der Waals surface area contributed by atoms with Gasteiger partial charge in [0.15, 0.2) is 0 Å². The maximum atomic E-state index is 12.6. The van der Waals surface area contributed by atoms with Crippen LogP contribution >= 0.6 is 0 Å². The topological polar surface area (TPSA) is 50.9 Å². The Balaban J connectivity index is 1.17. The molecule has 0 saturated carbocycles. The number of aromatic hydroxyl groups is 1. The SMILES string of the molecule is Cc1cc(-c2ccc(C(C)(C)C)cc2)c(-n2c(-c3cc(C(C)C)cc(C(C)C)c3O)nc3c(-c4cc(-c5ccccc5)cc(-c5cc(-c6ccc(-c7ccccc7)cc6)ccn5)c4)cccc32)cc1-c1ccccc1. The van der Waals surface area contributed by atoms with E-state index in [0.29, 0.717) is 11.4 Å². The van der Waals surface area contributed by atoms with E-state index in [9.17, 15) is 5.11 Å². The third kappa shape index (κ3) is 9.61. The van der Waals surface area contributed by atoms with E-state index in [4.69, 9.17) is 9.97 Å². The minimum absolute atomic E-state index is 0.00270. The number of aromatic nitrogens is 3. The Morgan fingerprint density at radius 2 is 1.00 bits per heavy atom. The predicted molar refractivity (Wildman–Crippen MR) is 316 cm³/mol. The zero-order valence-corrected chi connectivity index (χ0v) is 44.2. The van der Waals surface area contributed by atoms with E-state index in [0.717, 1.165) is 94.7 Å². The standard InChI is InChI=1S/C71H63N3O/c1-45(2)55-41-61(46(3)4)69(75)64(42-55)70-73-68-60(25-18-26-66(68)74(70)67-44-62(52-23-16-11-17-24-52)47(5)37-63(67)53-31-33-59(34-32-53)71(6,7)8)57-38-56(49-21-14-10-15-22-49)39-58(40-57)65-43-54(35-36-72-65)51-29-27-50(28-30-51)48-19-12-9-13-20-48/h9-46,75H,1-8H3. The fourth-order valence-electron chi connectivity index (χ4n) is 10.6. The van der Waals surface area contributed by atoms with Crippen molar-refractivity contribution in [1.82, 2.24) is 14.5 Å². The maximum Gasteiger partial charge on any atom is 0.149 e. The van der Waals surface area contributed by atoms with Gasteiger partial charge in [0.2, 0.25) is 0 Å². The summed E-state index contributed by atoms with van der Waals surface area (Å²) in [4.78, 5) is 10.8. The first kappa shape index (κ1) is 48.7.